The second kappa shape index (κ2) is 52.5. The fraction of sp³-hybridized carbons (Fsp3) is 0.935. The first-order valence-electron chi connectivity index (χ1n) is 31.5. The molecule has 7 atom stereocenters. The fourth-order valence-corrected chi connectivity index (χ4v) is 10.1. The Hall–Kier alpha value is -1.60. The normalized spacial score (nSPS) is 18.9. The number of aliphatic hydroxyl groups excluding tert-OH is 5. The molecule has 0 spiro atoms. The summed E-state index contributed by atoms with van der Waals surface area (Å²) in [5.74, 6) is -0.187. The summed E-state index contributed by atoms with van der Waals surface area (Å²) in [5, 5.41) is 54.5. The van der Waals surface area contributed by atoms with Gasteiger partial charge in [0.2, 0.25) is 5.91 Å². The predicted molar refractivity (Wildman–Crippen MR) is 301 cm³/mol. The maximum absolute atomic E-state index is 13.1. The Bertz CT molecular complexity index is 1220. The van der Waals surface area contributed by atoms with Crippen LogP contribution in [-0.4, -0.2) is 100 Å². The number of amides is 1. The van der Waals surface area contributed by atoms with Crippen LogP contribution in [0, 0.1) is 0 Å². The predicted octanol–water partition coefficient (Wildman–Crippen LogP) is 14.7. The quantitative estimate of drug-likeness (QED) is 0.0195. The zero-order valence-corrected chi connectivity index (χ0v) is 47.6. The van der Waals surface area contributed by atoms with Crippen molar-refractivity contribution in [3.8, 4) is 0 Å². The Morgan fingerprint density at radius 3 is 1.27 bits per heavy atom. The minimum absolute atomic E-state index is 0.00534. The number of allylic oxidation sites excluding steroid dienone is 1. The van der Waals surface area contributed by atoms with Crippen molar-refractivity contribution < 1.29 is 49.3 Å². The smallest absolute Gasteiger partial charge is 0.305 e. The number of carbonyl (C=O) groups is 2. The van der Waals surface area contributed by atoms with Gasteiger partial charge < -0.3 is 45.1 Å². The molecule has 1 amide bonds. The topological polar surface area (TPSA) is 175 Å². The van der Waals surface area contributed by atoms with Gasteiger partial charge in [-0.2, -0.15) is 0 Å². The van der Waals surface area contributed by atoms with E-state index in [-0.39, 0.29) is 18.5 Å². The minimum atomic E-state index is -1.57. The summed E-state index contributed by atoms with van der Waals surface area (Å²) in [6, 6.07) is -0.811. The number of hydrogen-bond acceptors (Lipinski definition) is 10. The number of carbonyl (C=O) groups excluding carboxylic acids is 2. The van der Waals surface area contributed by atoms with E-state index >= 15 is 0 Å². The van der Waals surface area contributed by atoms with Gasteiger partial charge in [-0.15, -0.1) is 0 Å². The van der Waals surface area contributed by atoms with Crippen LogP contribution in [0.2, 0.25) is 0 Å². The highest BCUT2D eigenvalue weighted by atomic mass is 16.7. The molecule has 432 valence electrons. The van der Waals surface area contributed by atoms with E-state index in [2.05, 4.69) is 19.2 Å². The molecule has 11 nitrogen and oxygen atoms in total. The van der Waals surface area contributed by atoms with Crippen molar-refractivity contribution in [2.75, 3.05) is 19.8 Å². The Kier molecular flexibility index (Phi) is 49.9. The lowest BCUT2D eigenvalue weighted by atomic mass is 9.99. The Balaban J connectivity index is 2.09. The third kappa shape index (κ3) is 42.1. The molecule has 1 aliphatic heterocycles. The summed E-state index contributed by atoms with van der Waals surface area (Å²) < 4.78 is 16.7. The van der Waals surface area contributed by atoms with Gasteiger partial charge in [0.15, 0.2) is 6.29 Å². The molecule has 0 aliphatic carbocycles. The van der Waals surface area contributed by atoms with Gasteiger partial charge in [-0.05, 0) is 32.1 Å². The summed E-state index contributed by atoms with van der Waals surface area (Å²) in [6.45, 7) is 4.36. The van der Waals surface area contributed by atoms with E-state index < -0.39 is 49.5 Å². The van der Waals surface area contributed by atoms with E-state index in [1.165, 1.54) is 218 Å². The third-order valence-corrected chi connectivity index (χ3v) is 15.2. The molecule has 0 aromatic rings. The maximum Gasteiger partial charge on any atom is 0.305 e. The molecule has 1 rings (SSSR count). The monoisotopic (exact) mass is 1040 g/mol. The molecule has 73 heavy (non-hydrogen) atoms. The van der Waals surface area contributed by atoms with Crippen molar-refractivity contribution in [3.63, 3.8) is 0 Å². The van der Waals surface area contributed by atoms with Gasteiger partial charge in [-0.1, -0.05) is 276 Å². The number of esters is 1. The van der Waals surface area contributed by atoms with E-state index in [0.717, 1.165) is 64.2 Å². The number of ether oxygens (including phenoxy) is 3. The highest BCUT2D eigenvalue weighted by Crippen LogP contribution is 2.23. The largest absolute Gasteiger partial charge is 0.466 e. The SMILES string of the molecule is CCCCCCCCCCCCCCC/C=C/C(O)C(COC1OC(CO)C(O)C(O)C1O)NC(=O)CCCCCCCCCCCCCCCCCCCCCOC(=O)CCCCCCCCCCCCC. The minimum Gasteiger partial charge on any atom is -0.466 e. The number of aliphatic hydroxyl groups is 5. The second-order valence-electron chi connectivity index (χ2n) is 22.1. The first kappa shape index (κ1) is 69.4. The molecule has 1 fully saturated rings. The van der Waals surface area contributed by atoms with Gasteiger partial charge in [0.1, 0.15) is 24.4 Å². The van der Waals surface area contributed by atoms with Gasteiger partial charge in [0.05, 0.1) is 32.0 Å². The number of unbranched alkanes of at least 4 members (excludes halogenated alkanes) is 41. The van der Waals surface area contributed by atoms with Crippen LogP contribution in [0.15, 0.2) is 12.2 Å². The molecule has 0 aromatic heterocycles. The fourth-order valence-electron chi connectivity index (χ4n) is 10.1. The van der Waals surface area contributed by atoms with Crippen molar-refractivity contribution in [1.82, 2.24) is 5.32 Å². The van der Waals surface area contributed by atoms with Gasteiger partial charge >= 0.3 is 5.97 Å². The molecular formula is C62H119NO10. The summed E-state index contributed by atoms with van der Waals surface area (Å²) in [7, 11) is 0. The summed E-state index contributed by atoms with van der Waals surface area (Å²) >= 11 is 0. The number of hydrogen-bond donors (Lipinski definition) is 6. The van der Waals surface area contributed by atoms with Crippen LogP contribution >= 0.6 is 0 Å². The molecule has 0 radical (unpaired) electrons. The standard InChI is InChI=1S/C62H119NO10/c1-3-5-7-9-11-13-15-16-22-25-29-32-36-40-44-48-55(65)54(53-72-62-61(70)60(69)59(68)56(52-64)73-62)63-57(66)49-45-41-37-33-30-26-23-20-18-17-19-21-24-27-31-35-39-43-47-51-71-58(67)50-46-42-38-34-28-14-12-10-8-6-4-2/h44,48,54-56,59-62,64-65,68-70H,3-43,45-47,49-53H2,1-2H3,(H,63,66)/b48-44+. The van der Waals surface area contributed by atoms with Crippen molar-refractivity contribution in [2.45, 2.75) is 352 Å². The Morgan fingerprint density at radius 2 is 0.863 bits per heavy atom. The molecular weight excluding hydrogens is 919 g/mol. The van der Waals surface area contributed by atoms with E-state index in [4.69, 9.17) is 14.2 Å². The average molecular weight is 1040 g/mol. The highest BCUT2D eigenvalue weighted by molar-refractivity contribution is 5.76. The molecule has 0 aromatic carbocycles. The Labute approximate surface area is 448 Å². The van der Waals surface area contributed by atoms with E-state index in [1.807, 2.05) is 6.08 Å². The molecule has 0 saturated carbocycles. The van der Waals surface area contributed by atoms with Crippen LogP contribution in [0.3, 0.4) is 0 Å². The zero-order chi connectivity index (χ0) is 53.1. The van der Waals surface area contributed by atoms with Crippen molar-refractivity contribution in [1.29, 1.82) is 0 Å². The van der Waals surface area contributed by atoms with Gasteiger partial charge in [0, 0.05) is 12.8 Å². The molecule has 11 heteroatoms. The molecule has 7 unspecified atom stereocenters. The summed E-state index contributed by atoms with van der Waals surface area (Å²) in [4.78, 5) is 25.1. The highest BCUT2D eigenvalue weighted by Gasteiger charge is 2.44. The lowest BCUT2D eigenvalue weighted by Gasteiger charge is -2.40. The van der Waals surface area contributed by atoms with Gasteiger partial charge in [0.25, 0.3) is 0 Å². The Morgan fingerprint density at radius 1 is 0.493 bits per heavy atom. The van der Waals surface area contributed by atoms with E-state index in [0.29, 0.717) is 19.4 Å². The number of rotatable bonds is 55. The van der Waals surface area contributed by atoms with Crippen LogP contribution in [-0.2, 0) is 23.8 Å². The van der Waals surface area contributed by atoms with E-state index in [1.54, 1.807) is 6.08 Å². The molecule has 1 heterocycles. The first-order chi connectivity index (χ1) is 35.7. The molecule has 1 saturated heterocycles. The third-order valence-electron chi connectivity index (χ3n) is 15.2. The number of nitrogens with one attached hydrogen (secondary N) is 1. The zero-order valence-electron chi connectivity index (χ0n) is 47.6. The van der Waals surface area contributed by atoms with Crippen LogP contribution in [0.25, 0.3) is 0 Å². The van der Waals surface area contributed by atoms with Crippen molar-refractivity contribution >= 4 is 11.9 Å². The summed E-state index contributed by atoms with van der Waals surface area (Å²) in [6.07, 6.45) is 51.5. The van der Waals surface area contributed by atoms with Crippen LogP contribution in [0.4, 0.5) is 0 Å². The van der Waals surface area contributed by atoms with Crippen LogP contribution in [0.1, 0.15) is 309 Å². The molecule has 6 N–H and O–H groups in total. The van der Waals surface area contributed by atoms with Crippen LogP contribution < -0.4 is 5.32 Å². The van der Waals surface area contributed by atoms with Crippen LogP contribution in [0.5, 0.6) is 0 Å². The first-order valence-corrected chi connectivity index (χ1v) is 31.5. The van der Waals surface area contributed by atoms with Gasteiger partial charge in [-0.25, -0.2) is 0 Å². The maximum atomic E-state index is 13.1. The molecule has 1 aliphatic rings. The van der Waals surface area contributed by atoms with Crippen molar-refractivity contribution in [2.24, 2.45) is 0 Å². The van der Waals surface area contributed by atoms with Gasteiger partial charge in [-0.3, -0.25) is 9.59 Å². The second-order valence-corrected chi connectivity index (χ2v) is 22.1. The lowest BCUT2D eigenvalue weighted by Crippen LogP contribution is -2.60. The molecule has 0 bridgehead atoms. The lowest BCUT2D eigenvalue weighted by molar-refractivity contribution is -0.302. The van der Waals surface area contributed by atoms with Crippen molar-refractivity contribution in [3.05, 3.63) is 12.2 Å². The van der Waals surface area contributed by atoms with E-state index in [9.17, 15) is 35.1 Å². The summed E-state index contributed by atoms with van der Waals surface area (Å²) in [5.41, 5.74) is 0. The average Bonchev–Trinajstić information content (AvgIpc) is 3.39.